The summed E-state index contributed by atoms with van der Waals surface area (Å²) in [6.45, 7) is 0. The van der Waals surface area contributed by atoms with E-state index in [9.17, 15) is 23.5 Å². The van der Waals surface area contributed by atoms with Gasteiger partial charge in [0.2, 0.25) is 0 Å². The number of benzene rings is 3. The Morgan fingerprint density at radius 3 is 2.10 bits per heavy atom. The van der Waals surface area contributed by atoms with Gasteiger partial charge in [-0.1, -0.05) is 48.5 Å². The van der Waals surface area contributed by atoms with Gasteiger partial charge in [0.1, 0.15) is 0 Å². The summed E-state index contributed by atoms with van der Waals surface area (Å²) in [4.78, 5) is 24.5. The van der Waals surface area contributed by atoms with Gasteiger partial charge in [-0.2, -0.15) is 0 Å². The molecular formula is C24H19F2NO3. The van der Waals surface area contributed by atoms with Gasteiger partial charge >= 0.3 is 5.97 Å². The van der Waals surface area contributed by atoms with Crippen LogP contribution in [-0.2, 0) is 5.92 Å². The lowest BCUT2D eigenvalue weighted by atomic mass is 9.95. The number of nitrogens with one attached hydrogen (secondary N) is 1. The van der Waals surface area contributed by atoms with E-state index in [2.05, 4.69) is 5.32 Å². The van der Waals surface area contributed by atoms with Crippen LogP contribution in [0.1, 0.15) is 39.1 Å². The van der Waals surface area contributed by atoms with Crippen LogP contribution >= 0.6 is 0 Å². The molecule has 4 rings (SSSR count). The van der Waals surface area contributed by atoms with Crippen molar-refractivity contribution in [3.8, 4) is 11.1 Å². The van der Waals surface area contributed by atoms with E-state index in [1.807, 2.05) is 0 Å². The van der Waals surface area contributed by atoms with Crippen LogP contribution in [0.5, 0.6) is 0 Å². The maximum Gasteiger partial charge on any atom is 0.336 e. The molecule has 0 atom stereocenters. The van der Waals surface area contributed by atoms with E-state index in [0.717, 1.165) is 0 Å². The Bertz CT molecular complexity index is 1120. The van der Waals surface area contributed by atoms with Crippen molar-refractivity contribution in [1.82, 2.24) is 0 Å². The van der Waals surface area contributed by atoms with Gasteiger partial charge in [0.05, 0.1) is 5.56 Å². The Morgan fingerprint density at radius 1 is 0.867 bits per heavy atom. The minimum atomic E-state index is -2.92. The van der Waals surface area contributed by atoms with Crippen molar-refractivity contribution in [3.05, 3.63) is 89.5 Å². The Hall–Kier alpha value is -3.54. The minimum Gasteiger partial charge on any atom is -0.478 e. The second-order valence-corrected chi connectivity index (χ2v) is 7.33. The predicted octanol–water partition coefficient (Wildman–Crippen LogP) is 5.81. The van der Waals surface area contributed by atoms with Crippen LogP contribution in [0.2, 0.25) is 0 Å². The monoisotopic (exact) mass is 407 g/mol. The fourth-order valence-electron chi connectivity index (χ4n) is 3.50. The summed E-state index contributed by atoms with van der Waals surface area (Å²) in [6, 6.07) is 18.7. The highest BCUT2D eigenvalue weighted by Crippen LogP contribution is 2.49. The van der Waals surface area contributed by atoms with E-state index in [1.54, 1.807) is 48.5 Å². The van der Waals surface area contributed by atoms with Crippen molar-refractivity contribution in [1.29, 1.82) is 0 Å². The van der Waals surface area contributed by atoms with Crippen molar-refractivity contribution in [3.63, 3.8) is 0 Å². The molecule has 0 aliphatic heterocycles. The molecule has 6 heteroatoms. The Morgan fingerprint density at radius 2 is 1.47 bits per heavy atom. The summed E-state index contributed by atoms with van der Waals surface area (Å²) in [5, 5.41) is 12.1. The highest BCUT2D eigenvalue weighted by atomic mass is 19.3. The van der Waals surface area contributed by atoms with E-state index in [4.69, 9.17) is 0 Å². The maximum atomic E-state index is 14.4. The zero-order chi connectivity index (χ0) is 21.3. The SMILES string of the molecule is O=C(O)c1ccccc1-c1ccccc1C(=O)Nc1cccc(C(F)(F)C2CC2)c1. The second-order valence-electron chi connectivity index (χ2n) is 7.33. The first-order valence-corrected chi connectivity index (χ1v) is 9.59. The number of carbonyl (C=O) groups is 2. The number of anilines is 1. The number of carboxylic acids is 1. The summed E-state index contributed by atoms with van der Waals surface area (Å²) < 4.78 is 28.8. The number of halogens is 2. The largest absolute Gasteiger partial charge is 0.478 e. The van der Waals surface area contributed by atoms with Crippen molar-refractivity contribution in [2.45, 2.75) is 18.8 Å². The first-order valence-electron chi connectivity index (χ1n) is 9.59. The zero-order valence-corrected chi connectivity index (χ0v) is 15.9. The van der Waals surface area contributed by atoms with Crippen LogP contribution in [0, 0.1) is 5.92 Å². The molecule has 1 aliphatic carbocycles. The third kappa shape index (κ3) is 3.81. The number of hydrogen-bond donors (Lipinski definition) is 2. The molecule has 4 nitrogen and oxygen atoms in total. The molecule has 1 fully saturated rings. The van der Waals surface area contributed by atoms with E-state index in [0.29, 0.717) is 24.0 Å². The molecule has 0 radical (unpaired) electrons. The summed E-state index contributed by atoms with van der Waals surface area (Å²) >= 11 is 0. The van der Waals surface area contributed by atoms with E-state index >= 15 is 0 Å². The number of amides is 1. The normalized spacial score (nSPS) is 13.7. The standard InChI is InChI=1S/C24H19F2NO3/c25-24(26,15-12-13-15)16-6-5-7-17(14-16)27-22(28)20-10-3-1-8-18(20)19-9-2-4-11-21(19)23(29)30/h1-11,14-15H,12-13H2,(H,27,28)(H,29,30). The van der Waals surface area contributed by atoms with Gasteiger partial charge in [0.25, 0.3) is 11.8 Å². The predicted molar refractivity (Wildman–Crippen MR) is 110 cm³/mol. The molecule has 0 bridgehead atoms. The van der Waals surface area contributed by atoms with Gasteiger partial charge in [-0.3, -0.25) is 4.79 Å². The molecule has 0 saturated heterocycles. The zero-order valence-electron chi connectivity index (χ0n) is 15.9. The first kappa shape index (κ1) is 19.8. The van der Waals surface area contributed by atoms with Gasteiger partial charge in [0.15, 0.2) is 0 Å². The number of carbonyl (C=O) groups excluding carboxylic acids is 1. The lowest BCUT2D eigenvalue weighted by Gasteiger charge is -2.17. The van der Waals surface area contributed by atoms with Crippen LogP contribution in [0.4, 0.5) is 14.5 Å². The van der Waals surface area contributed by atoms with Gasteiger partial charge in [-0.25, -0.2) is 13.6 Å². The summed E-state index contributed by atoms with van der Waals surface area (Å²) in [5.74, 6) is -5.16. The molecule has 3 aromatic rings. The Kier molecular flexibility index (Phi) is 5.08. The average Bonchev–Trinajstić information content (AvgIpc) is 3.60. The molecule has 3 aromatic carbocycles. The van der Waals surface area contributed by atoms with Crippen LogP contribution in [0.3, 0.4) is 0 Å². The second kappa shape index (κ2) is 7.71. The van der Waals surface area contributed by atoms with E-state index in [1.165, 1.54) is 24.3 Å². The molecule has 1 aliphatic rings. The van der Waals surface area contributed by atoms with Crippen LogP contribution in [0.25, 0.3) is 11.1 Å². The third-order valence-electron chi connectivity index (χ3n) is 5.21. The molecular weight excluding hydrogens is 388 g/mol. The topological polar surface area (TPSA) is 66.4 Å². The molecule has 30 heavy (non-hydrogen) atoms. The number of carboxylic acid groups (broad SMARTS) is 1. The van der Waals surface area contributed by atoms with E-state index in [-0.39, 0.29) is 22.4 Å². The fraction of sp³-hybridized carbons (Fsp3) is 0.167. The van der Waals surface area contributed by atoms with Crippen molar-refractivity contribution in [2.24, 2.45) is 5.92 Å². The minimum absolute atomic E-state index is 0.0730. The van der Waals surface area contributed by atoms with Gasteiger partial charge < -0.3 is 10.4 Å². The Labute approximate surface area is 172 Å². The molecule has 0 heterocycles. The Balaban J connectivity index is 1.66. The van der Waals surface area contributed by atoms with Crippen LogP contribution < -0.4 is 5.32 Å². The van der Waals surface area contributed by atoms with Gasteiger partial charge in [-0.05, 0) is 48.2 Å². The number of aromatic carboxylic acids is 1. The van der Waals surface area contributed by atoms with Crippen LogP contribution in [0.15, 0.2) is 72.8 Å². The highest BCUT2D eigenvalue weighted by molar-refractivity contribution is 6.10. The number of alkyl halides is 2. The lowest BCUT2D eigenvalue weighted by molar-refractivity contribution is -0.0285. The number of rotatable bonds is 6. The average molecular weight is 407 g/mol. The maximum absolute atomic E-state index is 14.4. The van der Waals surface area contributed by atoms with Crippen molar-refractivity contribution in [2.75, 3.05) is 5.32 Å². The summed E-state index contributed by atoms with van der Waals surface area (Å²) in [7, 11) is 0. The molecule has 1 amide bonds. The third-order valence-corrected chi connectivity index (χ3v) is 5.21. The quantitative estimate of drug-likeness (QED) is 0.542. The van der Waals surface area contributed by atoms with Crippen LogP contribution in [-0.4, -0.2) is 17.0 Å². The number of hydrogen-bond acceptors (Lipinski definition) is 2. The van der Waals surface area contributed by atoms with Crippen molar-refractivity contribution < 1.29 is 23.5 Å². The van der Waals surface area contributed by atoms with E-state index < -0.39 is 23.7 Å². The fourth-order valence-corrected chi connectivity index (χ4v) is 3.50. The molecule has 0 unspecified atom stereocenters. The molecule has 2 N–H and O–H groups in total. The molecule has 1 saturated carbocycles. The smallest absolute Gasteiger partial charge is 0.336 e. The molecule has 0 aromatic heterocycles. The summed E-state index contributed by atoms with van der Waals surface area (Å²) in [6.07, 6.45) is 1.000. The van der Waals surface area contributed by atoms with Gasteiger partial charge in [-0.15, -0.1) is 0 Å². The van der Waals surface area contributed by atoms with Crippen molar-refractivity contribution >= 4 is 17.6 Å². The first-order chi connectivity index (χ1) is 14.4. The highest BCUT2D eigenvalue weighted by Gasteiger charge is 2.47. The lowest BCUT2D eigenvalue weighted by Crippen LogP contribution is -2.17. The molecule has 152 valence electrons. The van der Waals surface area contributed by atoms with Gasteiger partial charge in [0, 0.05) is 22.7 Å². The molecule has 0 spiro atoms. The summed E-state index contributed by atoms with van der Waals surface area (Å²) in [5.41, 5.74) is 1.33.